The number of aromatic amines is 1. The van der Waals surface area contributed by atoms with Crippen LogP contribution in [0.3, 0.4) is 0 Å². The van der Waals surface area contributed by atoms with Crippen molar-refractivity contribution < 1.29 is 4.79 Å². The number of aryl methyl sites for hydroxylation is 1. The maximum Gasteiger partial charge on any atom is 0.269 e. The molecular weight excluding hydrogens is 390 g/mol. The first-order chi connectivity index (χ1) is 12.5. The van der Waals surface area contributed by atoms with Crippen molar-refractivity contribution in [3.05, 3.63) is 72.2 Å². The summed E-state index contributed by atoms with van der Waals surface area (Å²) in [6.07, 6.45) is 0. The van der Waals surface area contributed by atoms with Crippen molar-refractivity contribution >= 4 is 63.3 Å². The Bertz CT molecular complexity index is 1300. The maximum atomic E-state index is 12.8. The number of hydrogen-bond acceptors (Lipinski definition) is 4. The minimum absolute atomic E-state index is 0.261. The molecule has 0 radical (unpaired) electrons. The molecule has 0 bridgehead atoms. The smallest absolute Gasteiger partial charge is 0.269 e. The SMILES string of the molecule is Cc1ccc2c(c1)c(=O)[nH]c1c(C(=O)Nc3ccccc3Cl)sc(=S)n12. The van der Waals surface area contributed by atoms with Crippen molar-refractivity contribution in [1.29, 1.82) is 0 Å². The fraction of sp³-hybridized carbons (Fsp3) is 0.0556. The van der Waals surface area contributed by atoms with Gasteiger partial charge in [-0.1, -0.05) is 46.7 Å². The van der Waals surface area contributed by atoms with Crippen molar-refractivity contribution in [2.24, 2.45) is 0 Å². The molecule has 0 unspecified atom stereocenters. The van der Waals surface area contributed by atoms with Gasteiger partial charge in [-0.2, -0.15) is 0 Å². The summed E-state index contributed by atoms with van der Waals surface area (Å²) in [7, 11) is 0. The number of hydrogen-bond donors (Lipinski definition) is 2. The van der Waals surface area contributed by atoms with Gasteiger partial charge in [0.25, 0.3) is 11.5 Å². The summed E-state index contributed by atoms with van der Waals surface area (Å²) >= 11 is 12.7. The van der Waals surface area contributed by atoms with E-state index < -0.39 is 0 Å². The van der Waals surface area contributed by atoms with E-state index in [1.54, 1.807) is 34.7 Å². The van der Waals surface area contributed by atoms with Crippen molar-refractivity contribution in [3.63, 3.8) is 0 Å². The number of H-pyrrole nitrogens is 1. The van der Waals surface area contributed by atoms with Gasteiger partial charge in [0, 0.05) is 0 Å². The predicted molar refractivity (Wildman–Crippen MR) is 108 cm³/mol. The molecule has 2 aromatic carbocycles. The summed E-state index contributed by atoms with van der Waals surface area (Å²) in [5.41, 5.74) is 2.26. The van der Waals surface area contributed by atoms with Crippen LogP contribution in [0.1, 0.15) is 15.2 Å². The van der Waals surface area contributed by atoms with E-state index in [-0.39, 0.29) is 11.5 Å². The Labute approximate surface area is 161 Å². The highest BCUT2D eigenvalue weighted by atomic mass is 35.5. The largest absolute Gasteiger partial charge is 0.320 e. The number of halogens is 1. The van der Waals surface area contributed by atoms with Gasteiger partial charge in [0.05, 0.1) is 21.6 Å². The summed E-state index contributed by atoms with van der Waals surface area (Å²) < 4.78 is 2.20. The van der Waals surface area contributed by atoms with Crippen LogP contribution in [0.4, 0.5) is 5.69 Å². The van der Waals surface area contributed by atoms with E-state index in [0.29, 0.717) is 36.1 Å². The zero-order valence-electron chi connectivity index (χ0n) is 13.5. The summed E-state index contributed by atoms with van der Waals surface area (Å²) in [4.78, 5) is 28.4. The number of benzene rings is 2. The second-order valence-corrected chi connectivity index (χ2v) is 7.84. The second kappa shape index (κ2) is 6.35. The first kappa shape index (κ1) is 17.0. The summed E-state index contributed by atoms with van der Waals surface area (Å²) in [6.45, 7) is 1.92. The second-order valence-electron chi connectivity index (χ2n) is 5.79. The highest BCUT2D eigenvalue weighted by Gasteiger charge is 2.18. The number of amides is 1. The fourth-order valence-electron chi connectivity index (χ4n) is 2.80. The Balaban J connectivity index is 1.92. The van der Waals surface area contributed by atoms with Gasteiger partial charge in [-0.3, -0.25) is 14.0 Å². The molecule has 4 rings (SSSR count). The lowest BCUT2D eigenvalue weighted by Crippen LogP contribution is -2.15. The molecule has 0 aliphatic rings. The molecule has 0 fully saturated rings. The van der Waals surface area contributed by atoms with Crippen LogP contribution in [0, 0.1) is 10.9 Å². The molecule has 0 spiro atoms. The number of carbonyl (C=O) groups is 1. The van der Waals surface area contributed by atoms with Gasteiger partial charge in [-0.05, 0) is 43.4 Å². The topological polar surface area (TPSA) is 66.4 Å². The van der Waals surface area contributed by atoms with Gasteiger partial charge in [-0.25, -0.2) is 0 Å². The minimum Gasteiger partial charge on any atom is -0.320 e. The van der Waals surface area contributed by atoms with Gasteiger partial charge in [-0.15, -0.1) is 0 Å². The van der Waals surface area contributed by atoms with Crippen LogP contribution in [-0.2, 0) is 0 Å². The number of nitrogens with zero attached hydrogens (tertiary/aromatic N) is 1. The molecule has 0 saturated carbocycles. The van der Waals surface area contributed by atoms with E-state index in [4.69, 9.17) is 23.8 Å². The number of rotatable bonds is 2. The number of anilines is 1. The van der Waals surface area contributed by atoms with Crippen LogP contribution >= 0.6 is 35.2 Å². The van der Waals surface area contributed by atoms with E-state index in [9.17, 15) is 9.59 Å². The van der Waals surface area contributed by atoms with E-state index in [0.717, 1.165) is 16.9 Å². The first-order valence-corrected chi connectivity index (χ1v) is 9.30. The monoisotopic (exact) mass is 401 g/mol. The van der Waals surface area contributed by atoms with Crippen LogP contribution in [0.15, 0.2) is 47.3 Å². The van der Waals surface area contributed by atoms with Crippen molar-refractivity contribution in [2.75, 3.05) is 5.32 Å². The molecule has 130 valence electrons. The fourth-order valence-corrected chi connectivity index (χ4v) is 4.26. The summed E-state index contributed by atoms with van der Waals surface area (Å²) in [5.74, 6) is -0.376. The van der Waals surface area contributed by atoms with Crippen LogP contribution < -0.4 is 10.9 Å². The van der Waals surface area contributed by atoms with Crippen LogP contribution in [0.2, 0.25) is 5.02 Å². The van der Waals surface area contributed by atoms with E-state index in [1.165, 1.54) is 0 Å². The third-order valence-corrected chi connectivity index (χ3v) is 5.71. The summed E-state index contributed by atoms with van der Waals surface area (Å²) in [6, 6.07) is 12.5. The zero-order chi connectivity index (χ0) is 18.4. The quantitative estimate of drug-likeness (QED) is 0.475. The Kier molecular flexibility index (Phi) is 4.14. The molecule has 4 aromatic rings. The van der Waals surface area contributed by atoms with E-state index in [2.05, 4.69) is 10.3 Å². The molecule has 8 heteroatoms. The molecule has 2 heterocycles. The maximum absolute atomic E-state index is 12.8. The number of thiazole rings is 1. The average molecular weight is 402 g/mol. The van der Waals surface area contributed by atoms with Crippen molar-refractivity contribution in [2.45, 2.75) is 6.92 Å². The Morgan fingerprint density at radius 1 is 1.27 bits per heavy atom. The third kappa shape index (κ3) is 2.74. The predicted octanol–water partition coefficient (Wildman–Crippen LogP) is 4.79. The molecule has 2 aromatic heterocycles. The van der Waals surface area contributed by atoms with Gasteiger partial charge >= 0.3 is 0 Å². The molecular formula is C18H12ClN3O2S2. The van der Waals surface area contributed by atoms with Gasteiger partial charge in [0.15, 0.2) is 3.95 Å². The molecule has 0 atom stereocenters. The van der Waals surface area contributed by atoms with Crippen molar-refractivity contribution in [3.8, 4) is 0 Å². The molecule has 1 amide bonds. The summed E-state index contributed by atoms with van der Waals surface area (Å²) in [5, 5.41) is 3.73. The highest BCUT2D eigenvalue weighted by molar-refractivity contribution is 7.73. The zero-order valence-corrected chi connectivity index (χ0v) is 15.9. The molecule has 0 aliphatic carbocycles. The lowest BCUT2D eigenvalue weighted by atomic mass is 10.1. The van der Waals surface area contributed by atoms with Crippen LogP contribution in [-0.4, -0.2) is 15.3 Å². The number of fused-ring (bicyclic) bond motifs is 3. The van der Waals surface area contributed by atoms with Crippen LogP contribution in [0.5, 0.6) is 0 Å². The normalized spacial score (nSPS) is 11.2. The minimum atomic E-state index is -0.376. The van der Waals surface area contributed by atoms with Gasteiger partial charge < -0.3 is 10.3 Å². The lowest BCUT2D eigenvalue weighted by molar-refractivity contribution is 0.103. The molecule has 5 nitrogen and oxygen atoms in total. The molecule has 26 heavy (non-hydrogen) atoms. The Hall–Kier alpha value is -2.48. The Morgan fingerprint density at radius 2 is 2.04 bits per heavy atom. The Morgan fingerprint density at radius 3 is 2.81 bits per heavy atom. The lowest BCUT2D eigenvalue weighted by Gasteiger charge is -2.07. The first-order valence-electron chi connectivity index (χ1n) is 7.70. The number of para-hydroxylation sites is 1. The molecule has 2 N–H and O–H groups in total. The van der Waals surface area contributed by atoms with Gasteiger partial charge in [0.1, 0.15) is 10.5 Å². The van der Waals surface area contributed by atoms with E-state index in [1.807, 2.05) is 19.1 Å². The highest BCUT2D eigenvalue weighted by Crippen LogP contribution is 2.26. The number of nitrogens with one attached hydrogen (secondary N) is 2. The standard InChI is InChI=1S/C18H12ClN3O2S2/c1-9-6-7-13-10(8-9)16(23)21-15-14(26-18(25)22(13)15)17(24)20-12-5-3-2-4-11(12)19/h2-8H,1H3,(H,20,24)(H,21,23). The number of aromatic nitrogens is 2. The average Bonchev–Trinajstić information content (AvgIpc) is 2.94. The van der Waals surface area contributed by atoms with E-state index >= 15 is 0 Å². The van der Waals surface area contributed by atoms with Gasteiger partial charge in [0.2, 0.25) is 0 Å². The van der Waals surface area contributed by atoms with Crippen LogP contribution in [0.25, 0.3) is 16.6 Å². The molecule has 0 saturated heterocycles. The van der Waals surface area contributed by atoms with Crippen molar-refractivity contribution in [1.82, 2.24) is 9.38 Å². The number of carbonyl (C=O) groups excluding carboxylic acids is 1. The molecule has 0 aliphatic heterocycles. The third-order valence-electron chi connectivity index (χ3n) is 4.01.